The Labute approximate surface area is 202 Å². The molecule has 180 valence electrons. The zero-order chi connectivity index (χ0) is 24.6. The Morgan fingerprint density at radius 1 is 1.14 bits per heavy atom. The van der Waals surface area contributed by atoms with Crippen molar-refractivity contribution in [3.05, 3.63) is 77.4 Å². The van der Waals surface area contributed by atoms with Crippen molar-refractivity contribution in [1.82, 2.24) is 24.3 Å². The lowest BCUT2D eigenvalue weighted by Crippen LogP contribution is -2.40. The van der Waals surface area contributed by atoms with Gasteiger partial charge in [-0.1, -0.05) is 12.1 Å². The number of rotatable bonds is 6. The van der Waals surface area contributed by atoms with Crippen LogP contribution in [0, 0.1) is 6.92 Å². The molecule has 1 aromatic carbocycles. The van der Waals surface area contributed by atoms with Crippen molar-refractivity contribution in [2.75, 3.05) is 34.8 Å². The van der Waals surface area contributed by atoms with Crippen molar-refractivity contribution in [2.24, 2.45) is 0 Å². The molecule has 1 saturated heterocycles. The SMILES string of the molecule is C=CCn1c(=O)c2cnc(Nc3ccc(N4CCS(=O)(=O)CC4)c(C)c3)nc2n1-c1ccccn1. The van der Waals surface area contributed by atoms with Gasteiger partial charge in [0.2, 0.25) is 5.95 Å². The molecule has 35 heavy (non-hydrogen) atoms. The van der Waals surface area contributed by atoms with Gasteiger partial charge in [-0.15, -0.1) is 6.58 Å². The van der Waals surface area contributed by atoms with E-state index in [4.69, 9.17) is 0 Å². The molecule has 0 aliphatic carbocycles. The number of anilines is 3. The monoisotopic (exact) mass is 491 g/mol. The molecule has 0 saturated carbocycles. The summed E-state index contributed by atoms with van der Waals surface area (Å²) in [6.07, 6.45) is 4.82. The van der Waals surface area contributed by atoms with E-state index in [9.17, 15) is 13.2 Å². The summed E-state index contributed by atoms with van der Waals surface area (Å²) >= 11 is 0. The first-order chi connectivity index (χ1) is 16.9. The van der Waals surface area contributed by atoms with Gasteiger partial charge in [0, 0.05) is 36.9 Å². The molecule has 0 radical (unpaired) electrons. The Morgan fingerprint density at radius 3 is 2.63 bits per heavy atom. The van der Waals surface area contributed by atoms with Gasteiger partial charge < -0.3 is 10.2 Å². The van der Waals surface area contributed by atoms with Gasteiger partial charge in [0.25, 0.3) is 5.56 Å². The van der Waals surface area contributed by atoms with Gasteiger partial charge in [0.15, 0.2) is 21.3 Å². The van der Waals surface area contributed by atoms with Crippen LogP contribution in [0.3, 0.4) is 0 Å². The van der Waals surface area contributed by atoms with Crippen LogP contribution in [0.15, 0.2) is 66.2 Å². The van der Waals surface area contributed by atoms with Gasteiger partial charge in [-0.3, -0.25) is 4.79 Å². The molecule has 1 N–H and O–H groups in total. The highest BCUT2D eigenvalue weighted by atomic mass is 32.2. The van der Waals surface area contributed by atoms with Crippen molar-refractivity contribution in [3.63, 3.8) is 0 Å². The number of nitrogens with one attached hydrogen (secondary N) is 1. The highest BCUT2D eigenvalue weighted by Crippen LogP contribution is 2.26. The van der Waals surface area contributed by atoms with Gasteiger partial charge in [0.05, 0.1) is 18.1 Å². The molecule has 0 spiro atoms. The quantitative estimate of drug-likeness (QED) is 0.409. The molecule has 11 heteroatoms. The van der Waals surface area contributed by atoms with Gasteiger partial charge in [-0.25, -0.2) is 27.7 Å². The van der Waals surface area contributed by atoms with Crippen LogP contribution in [0.2, 0.25) is 0 Å². The van der Waals surface area contributed by atoms with Crippen LogP contribution in [0.5, 0.6) is 0 Å². The lowest BCUT2D eigenvalue weighted by Gasteiger charge is -2.30. The molecular weight excluding hydrogens is 466 g/mol. The second kappa shape index (κ2) is 8.99. The summed E-state index contributed by atoms with van der Waals surface area (Å²) in [5.41, 5.74) is 3.02. The zero-order valence-corrected chi connectivity index (χ0v) is 20.1. The number of nitrogens with zero attached hydrogens (tertiary/aromatic N) is 6. The van der Waals surface area contributed by atoms with Crippen molar-refractivity contribution >= 4 is 38.2 Å². The van der Waals surface area contributed by atoms with Gasteiger partial charge in [0.1, 0.15) is 5.39 Å². The molecule has 4 heterocycles. The van der Waals surface area contributed by atoms with Crippen LogP contribution in [-0.4, -0.2) is 57.3 Å². The van der Waals surface area contributed by atoms with Crippen LogP contribution in [0.25, 0.3) is 16.9 Å². The molecule has 0 bridgehead atoms. The fourth-order valence-corrected chi connectivity index (χ4v) is 5.46. The third-order valence-electron chi connectivity index (χ3n) is 5.98. The normalized spacial score (nSPS) is 15.3. The second-order valence-electron chi connectivity index (χ2n) is 8.37. The summed E-state index contributed by atoms with van der Waals surface area (Å²) in [7, 11) is -2.94. The Bertz CT molecular complexity index is 1560. The van der Waals surface area contributed by atoms with Crippen molar-refractivity contribution < 1.29 is 8.42 Å². The molecule has 0 atom stereocenters. The minimum atomic E-state index is -2.94. The number of fused-ring (bicyclic) bond motifs is 1. The van der Waals surface area contributed by atoms with Crippen molar-refractivity contribution in [3.8, 4) is 5.82 Å². The molecule has 0 amide bonds. The maximum atomic E-state index is 13.0. The molecule has 0 unspecified atom stereocenters. The first-order valence-electron chi connectivity index (χ1n) is 11.2. The van der Waals surface area contributed by atoms with E-state index in [0.717, 1.165) is 16.9 Å². The topological polar surface area (TPSA) is 115 Å². The molecule has 3 aromatic heterocycles. The highest BCUT2D eigenvalue weighted by Gasteiger charge is 2.23. The summed E-state index contributed by atoms with van der Waals surface area (Å²) in [6, 6.07) is 11.3. The predicted molar refractivity (Wildman–Crippen MR) is 136 cm³/mol. The highest BCUT2D eigenvalue weighted by molar-refractivity contribution is 7.91. The van der Waals surface area contributed by atoms with Crippen molar-refractivity contribution in [1.29, 1.82) is 0 Å². The fourth-order valence-electron chi connectivity index (χ4n) is 4.26. The average Bonchev–Trinajstić information content (AvgIpc) is 3.11. The number of hydrogen-bond donors (Lipinski definition) is 1. The number of sulfone groups is 1. The van der Waals surface area contributed by atoms with Crippen LogP contribution in [-0.2, 0) is 16.4 Å². The Hall–Kier alpha value is -3.99. The summed E-state index contributed by atoms with van der Waals surface area (Å²) in [4.78, 5) is 28.5. The Kier molecular flexibility index (Phi) is 5.85. The van der Waals surface area contributed by atoms with E-state index in [1.54, 1.807) is 17.0 Å². The number of pyridine rings is 1. The largest absolute Gasteiger partial charge is 0.369 e. The lowest BCUT2D eigenvalue weighted by atomic mass is 10.1. The summed E-state index contributed by atoms with van der Waals surface area (Å²) in [6.45, 7) is 7.02. The number of aromatic nitrogens is 5. The van der Waals surface area contributed by atoms with Gasteiger partial charge in [-0.2, -0.15) is 4.98 Å². The number of allylic oxidation sites excluding steroid dienone is 1. The first-order valence-corrected chi connectivity index (χ1v) is 13.0. The molecule has 5 rings (SSSR count). The molecular formula is C24H25N7O3S. The molecule has 4 aromatic rings. The number of aryl methyl sites for hydroxylation is 1. The summed E-state index contributed by atoms with van der Waals surface area (Å²) in [5.74, 6) is 1.25. The number of benzene rings is 1. The summed E-state index contributed by atoms with van der Waals surface area (Å²) < 4.78 is 26.7. The fraction of sp³-hybridized carbons (Fsp3) is 0.250. The van der Waals surface area contributed by atoms with Crippen LogP contribution in [0.4, 0.5) is 17.3 Å². The zero-order valence-electron chi connectivity index (χ0n) is 19.3. The molecule has 1 aliphatic heterocycles. The third-order valence-corrected chi connectivity index (χ3v) is 7.59. The van der Waals surface area contributed by atoms with Crippen LogP contribution < -0.4 is 15.8 Å². The Balaban J connectivity index is 1.48. The average molecular weight is 492 g/mol. The van der Waals surface area contributed by atoms with Crippen LogP contribution >= 0.6 is 0 Å². The van der Waals surface area contributed by atoms with Crippen molar-refractivity contribution in [2.45, 2.75) is 13.5 Å². The number of hydrogen-bond acceptors (Lipinski definition) is 8. The van der Waals surface area contributed by atoms with Crippen LogP contribution in [0.1, 0.15) is 5.56 Å². The maximum absolute atomic E-state index is 13.0. The van der Waals surface area contributed by atoms with E-state index in [1.807, 2.05) is 43.3 Å². The predicted octanol–water partition coefficient (Wildman–Crippen LogP) is 2.45. The van der Waals surface area contributed by atoms with E-state index in [0.29, 0.717) is 42.4 Å². The van der Waals surface area contributed by atoms with Gasteiger partial charge in [-0.05, 0) is 42.8 Å². The van der Waals surface area contributed by atoms with Gasteiger partial charge >= 0.3 is 0 Å². The smallest absolute Gasteiger partial charge is 0.278 e. The maximum Gasteiger partial charge on any atom is 0.278 e. The van der Waals surface area contributed by atoms with E-state index in [1.165, 1.54) is 10.9 Å². The third kappa shape index (κ3) is 4.42. The van der Waals surface area contributed by atoms with E-state index in [-0.39, 0.29) is 17.1 Å². The minimum absolute atomic E-state index is 0.170. The Morgan fingerprint density at radius 2 is 1.94 bits per heavy atom. The first kappa shape index (κ1) is 22.8. The van der Waals surface area contributed by atoms with E-state index < -0.39 is 9.84 Å². The molecule has 1 aliphatic rings. The van der Waals surface area contributed by atoms with E-state index in [2.05, 4.69) is 31.7 Å². The minimum Gasteiger partial charge on any atom is -0.369 e. The second-order valence-corrected chi connectivity index (χ2v) is 10.7. The molecule has 10 nitrogen and oxygen atoms in total. The lowest BCUT2D eigenvalue weighted by molar-refractivity contribution is 0.586. The molecule has 1 fully saturated rings. The standard InChI is InChI=1S/C24H25N7O3S/c1-3-10-30-23(32)19-16-26-24(28-22(19)31(30)21-6-4-5-9-25-21)27-18-7-8-20(17(2)15-18)29-11-13-35(33,34)14-12-29/h3-9,15-16H,1,10-14H2,2H3,(H,26,27,28). The van der Waals surface area contributed by atoms with E-state index >= 15 is 0 Å². The summed E-state index contributed by atoms with van der Waals surface area (Å²) in [5, 5.41) is 3.60.